The minimum atomic E-state index is -0.250. The van der Waals surface area contributed by atoms with E-state index in [0.717, 1.165) is 25.3 Å². The van der Waals surface area contributed by atoms with Gasteiger partial charge in [0.1, 0.15) is 5.82 Å². The number of morpholine rings is 1. The Morgan fingerprint density at radius 1 is 1.45 bits per heavy atom. The Morgan fingerprint density at radius 2 is 2.35 bits per heavy atom. The summed E-state index contributed by atoms with van der Waals surface area (Å²) in [4.78, 5) is 2.52. The lowest BCUT2D eigenvalue weighted by atomic mass is 10.2. The lowest BCUT2D eigenvalue weighted by Crippen LogP contribution is -2.49. The van der Waals surface area contributed by atoms with E-state index in [4.69, 9.17) is 16.3 Å². The van der Waals surface area contributed by atoms with Crippen molar-refractivity contribution in [3.63, 3.8) is 0 Å². The number of fused-ring (bicyclic) bond motifs is 1. The van der Waals surface area contributed by atoms with Crippen molar-refractivity contribution in [3.8, 4) is 0 Å². The third-order valence-corrected chi connectivity index (χ3v) is 4.53. The molecule has 1 aromatic rings. The van der Waals surface area contributed by atoms with E-state index in [-0.39, 0.29) is 11.9 Å². The number of ether oxygens (including phenoxy) is 1. The normalized spacial score (nSPS) is 26.7. The molecule has 0 saturated carbocycles. The van der Waals surface area contributed by atoms with Gasteiger partial charge in [-0.15, -0.1) is 0 Å². The molecule has 0 spiro atoms. The van der Waals surface area contributed by atoms with E-state index in [0.29, 0.717) is 17.6 Å². The van der Waals surface area contributed by atoms with Gasteiger partial charge in [0.05, 0.1) is 12.7 Å². The lowest BCUT2D eigenvalue weighted by molar-refractivity contribution is -0.0470. The Balaban J connectivity index is 1.47. The molecule has 2 aliphatic heterocycles. The third-order valence-electron chi connectivity index (χ3n) is 4.16. The number of halogens is 2. The molecule has 110 valence electrons. The summed E-state index contributed by atoms with van der Waals surface area (Å²) in [7, 11) is 0. The fraction of sp³-hybridized carbons (Fsp3) is 0.600. The highest BCUT2D eigenvalue weighted by Crippen LogP contribution is 2.22. The molecule has 5 heteroatoms. The zero-order valence-corrected chi connectivity index (χ0v) is 12.2. The Bertz CT molecular complexity index is 471. The van der Waals surface area contributed by atoms with E-state index in [9.17, 15) is 4.39 Å². The molecular formula is C15H20ClFN2O. The van der Waals surface area contributed by atoms with E-state index in [1.165, 1.54) is 31.5 Å². The molecule has 0 radical (unpaired) electrons. The summed E-state index contributed by atoms with van der Waals surface area (Å²) in [5.74, 6) is -0.250. The van der Waals surface area contributed by atoms with Crippen LogP contribution in [0, 0.1) is 5.82 Å². The minimum absolute atomic E-state index is 0.219. The van der Waals surface area contributed by atoms with Gasteiger partial charge in [-0.25, -0.2) is 4.39 Å². The molecule has 20 heavy (non-hydrogen) atoms. The van der Waals surface area contributed by atoms with Gasteiger partial charge >= 0.3 is 0 Å². The van der Waals surface area contributed by atoms with Crippen LogP contribution < -0.4 is 5.32 Å². The summed E-state index contributed by atoms with van der Waals surface area (Å²) in [5.41, 5.74) is 0.793. The second-order valence-electron chi connectivity index (χ2n) is 5.61. The topological polar surface area (TPSA) is 24.5 Å². The van der Waals surface area contributed by atoms with Crippen molar-refractivity contribution < 1.29 is 9.13 Å². The molecule has 0 aliphatic carbocycles. The maximum atomic E-state index is 13.2. The highest BCUT2D eigenvalue weighted by atomic mass is 35.5. The lowest BCUT2D eigenvalue weighted by Gasteiger charge is -2.35. The van der Waals surface area contributed by atoms with Crippen LogP contribution in [0.5, 0.6) is 0 Å². The predicted molar refractivity (Wildman–Crippen MR) is 77.5 cm³/mol. The van der Waals surface area contributed by atoms with Gasteiger partial charge in [0.25, 0.3) is 0 Å². The van der Waals surface area contributed by atoms with E-state index < -0.39 is 0 Å². The van der Waals surface area contributed by atoms with Gasteiger partial charge in [0.15, 0.2) is 0 Å². The summed E-state index contributed by atoms with van der Waals surface area (Å²) < 4.78 is 19.0. The summed E-state index contributed by atoms with van der Waals surface area (Å²) in [5, 5.41) is 3.92. The van der Waals surface area contributed by atoms with Crippen molar-refractivity contribution in [2.75, 3.05) is 26.2 Å². The maximum Gasteiger partial charge on any atom is 0.123 e. The van der Waals surface area contributed by atoms with E-state index in [1.54, 1.807) is 6.07 Å². The standard InChI is InChI=1S/C15H20ClFN2O/c16-15-4-3-12(17)6-11(15)7-18-8-14-9-19-5-1-2-13(19)10-20-14/h3-4,6,13-14,18H,1-2,5,7-10H2. The summed E-state index contributed by atoms with van der Waals surface area (Å²) >= 11 is 6.04. The molecule has 1 N–H and O–H groups in total. The van der Waals surface area contributed by atoms with Crippen molar-refractivity contribution in [3.05, 3.63) is 34.6 Å². The molecule has 1 aromatic carbocycles. The van der Waals surface area contributed by atoms with Crippen LogP contribution in [0.25, 0.3) is 0 Å². The first-order valence-electron chi connectivity index (χ1n) is 7.22. The summed E-state index contributed by atoms with van der Waals surface area (Å²) in [6.07, 6.45) is 2.77. The molecule has 0 bridgehead atoms. The quantitative estimate of drug-likeness (QED) is 0.924. The van der Waals surface area contributed by atoms with Gasteiger partial charge in [-0.3, -0.25) is 4.90 Å². The van der Waals surface area contributed by atoms with Crippen molar-refractivity contribution in [2.24, 2.45) is 0 Å². The van der Waals surface area contributed by atoms with Gasteiger partial charge in [-0.1, -0.05) is 11.6 Å². The number of nitrogens with one attached hydrogen (secondary N) is 1. The van der Waals surface area contributed by atoms with Gasteiger partial charge in [0, 0.05) is 30.7 Å². The molecule has 3 rings (SSSR count). The van der Waals surface area contributed by atoms with Crippen LogP contribution in [0.4, 0.5) is 4.39 Å². The molecule has 2 fully saturated rings. The van der Waals surface area contributed by atoms with Crippen molar-refractivity contribution >= 4 is 11.6 Å². The van der Waals surface area contributed by atoms with Crippen LogP contribution in [0.3, 0.4) is 0 Å². The van der Waals surface area contributed by atoms with Crippen molar-refractivity contribution in [1.29, 1.82) is 0 Å². The van der Waals surface area contributed by atoms with Gasteiger partial charge < -0.3 is 10.1 Å². The maximum absolute atomic E-state index is 13.2. The number of hydrogen-bond donors (Lipinski definition) is 1. The Hall–Kier alpha value is -0.680. The molecular weight excluding hydrogens is 279 g/mol. The van der Waals surface area contributed by atoms with Crippen LogP contribution in [-0.2, 0) is 11.3 Å². The smallest absolute Gasteiger partial charge is 0.123 e. The molecule has 2 unspecified atom stereocenters. The zero-order valence-electron chi connectivity index (χ0n) is 11.4. The van der Waals surface area contributed by atoms with Crippen molar-refractivity contribution in [2.45, 2.75) is 31.5 Å². The first-order chi connectivity index (χ1) is 9.72. The number of rotatable bonds is 4. The zero-order chi connectivity index (χ0) is 13.9. The average Bonchev–Trinajstić information content (AvgIpc) is 2.90. The molecule has 0 aromatic heterocycles. The summed E-state index contributed by atoms with van der Waals surface area (Å²) in [6, 6.07) is 5.08. The fourth-order valence-corrected chi connectivity index (χ4v) is 3.24. The first kappa shape index (κ1) is 14.3. The Kier molecular flexibility index (Phi) is 4.56. The van der Waals surface area contributed by atoms with Crippen LogP contribution in [0.2, 0.25) is 5.02 Å². The molecule has 2 atom stereocenters. The van der Waals surface area contributed by atoms with E-state index in [2.05, 4.69) is 10.2 Å². The highest BCUT2D eigenvalue weighted by Gasteiger charge is 2.31. The second kappa shape index (κ2) is 6.39. The van der Waals surface area contributed by atoms with Crippen LogP contribution in [-0.4, -0.2) is 43.3 Å². The largest absolute Gasteiger partial charge is 0.374 e. The third kappa shape index (κ3) is 3.31. The van der Waals surface area contributed by atoms with Gasteiger partial charge in [-0.2, -0.15) is 0 Å². The monoisotopic (exact) mass is 298 g/mol. The number of nitrogens with zero attached hydrogens (tertiary/aromatic N) is 1. The van der Waals surface area contributed by atoms with Gasteiger partial charge in [0.2, 0.25) is 0 Å². The first-order valence-corrected chi connectivity index (χ1v) is 7.60. The van der Waals surface area contributed by atoms with Crippen molar-refractivity contribution in [1.82, 2.24) is 10.2 Å². The SMILES string of the molecule is Fc1ccc(Cl)c(CNCC2CN3CCCC3CO2)c1. The molecule has 2 heterocycles. The number of hydrogen-bond acceptors (Lipinski definition) is 3. The van der Waals surface area contributed by atoms with E-state index >= 15 is 0 Å². The van der Waals surface area contributed by atoms with Crippen LogP contribution in [0.15, 0.2) is 18.2 Å². The fourth-order valence-electron chi connectivity index (χ4n) is 3.06. The second-order valence-corrected chi connectivity index (χ2v) is 6.02. The molecule has 2 saturated heterocycles. The Morgan fingerprint density at radius 3 is 3.25 bits per heavy atom. The summed E-state index contributed by atoms with van der Waals surface area (Å²) in [6.45, 7) is 4.37. The number of benzene rings is 1. The van der Waals surface area contributed by atoms with Crippen LogP contribution >= 0.6 is 11.6 Å². The molecule has 3 nitrogen and oxygen atoms in total. The van der Waals surface area contributed by atoms with Crippen LogP contribution in [0.1, 0.15) is 18.4 Å². The predicted octanol–water partition coefficient (Wildman–Crippen LogP) is 2.43. The molecule has 0 amide bonds. The highest BCUT2D eigenvalue weighted by molar-refractivity contribution is 6.31. The Labute approximate surface area is 124 Å². The van der Waals surface area contributed by atoms with E-state index in [1.807, 2.05) is 0 Å². The minimum Gasteiger partial charge on any atom is -0.374 e. The van der Waals surface area contributed by atoms with Gasteiger partial charge in [-0.05, 0) is 43.1 Å². The average molecular weight is 299 g/mol. The molecule has 2 aliphatic rings.